The highest BCUT2D eigenvalue weighted by atomic mass is 16.5. The predicted octanol–water partition coefficient (Wildman–Crippen LogP) is 4.01. The Bertz CT molecular complexity index is 662. The topological polar surface area (TPSA) is 38.3 Å². The van der Waals surface area contributed by atoms with Gasteiger partial charge >= 0.3 is 5.97 Å². The van der Waals surface area contributed by atoms with Gasteiger partial charge in [0.2, 0.25) is 0 Å². The summed E-state index contributed by atoms with van der Waals surface area (Å²) in [6, 6.07) is 11.9. The quantitative estimate of drug-likeness (QED) is 0.862. The molecule has 2 rings (SSSR count). The lowest BCUT2D eigenvalue weighted by Gasteiger charge is -2.13. The molecule has 2 aromatic rings. The maximum absolute atomic E-state index is 11.5. The maximum Gasteiger partial charge on any atom is 0.337 e. The van der Waals surface area contributed by atoms with E-state index in [2.05, 4.69) is 37.4 Å². The Hall–Kier alpha value is -2.29. The molecule has 0 heterocycles. The first-order valence-electron chi connectivity index (χ1n) is 7.01. The van der Waals surface area contributed by atoms with Crippen LogP contribution in [0.3, 0.4) is 0 Å². The molecular weight excluding hydrogens is 262 g/mol. The fraction of sp³-hybridized carbons (Fsp3) is 0.278. The van der Waals surface area contributed by atoms with E-state index in [0.29, 0.717) is 5.56 Å². The number of anilines is 1. The minimum absolute atomic E-state index is 0.306. The van der Waals surface area contributed by atoms with Gasteiger partial charge < -0.3 is 10.1 Å². The van der Waals surface area contributed by atoms with Crippen LogP contribution in [-0.2, 0) is 11.3 Å². The van der Waals surface area contributed by atoms with E-state index in [9.17, 15) is 4.79 Å². The van der Waals surface area contributed by atoms with E-state index in [-0.39, 0.29) is 5.97 Å². The molecule has 110 valence electrons. The molecule has 0 spiro atoms. The number of carbonyl (C=O) groups is 1. The van der Waals surface area contributed by atoms with Crippen molar-refractivity contribution in [2.45, 2.75) is 27.3 Å². The predicted molar refractivity (Wildman–Crippen MR) is 85.8 cm³/mol. The summed E-state index contributed by atoms with van der Waals surface area (Å²) in [7, 11) is 1.39. The molecule has 3 heteroatoms. The molecular formula is C18H21NO2. The van der Waals surface area contributed by atoms with Gasteiger partial charge in [-0.05, 0) is 61.2 Å². The van der Waals surface area contributed by atoms with Crippen molar-refractivity contribution in [1.82, 2.24) is 0 Å². The van der Waals surface area contributed by atoms with Crippen molar-refractivity contribution in [2.75, 3.05) is 12.4 Å². The van der Waals surface area contributed by atoms with Crippen molar-refractivity contribution in [3.8, 4) is 0 Å². The van der Waals surface area contributed by atoms with Crippen molar-refractivity contribution < 1.29 is 9.53 Å². The van der Waals surface area contributed by atoms with Crippen LogP contribution in [0.2, 0.25) is 0 Å². The molecule has 0 atom stereocenters. The third-order valence-electron chi connectivity index (χ3n) is 3.83. The van der Waals surface area contributed by atoms with Crippen LogP contribution >= 0.6 is 0 Å². The standard InChI is InChI=1S/C18H21NO2/c1-12-6-5-7-16(14(12)3)11-19-17-9-8-15(10-13(17)2)18(20)21-4/h5-10,19H,11H2,1-4H3. The van der Waals surface area contributed by atoms with Crippen molar-refractivity contribution in [2.24, 2.45) is 0 Å². The number of ether oxygens (including phenoxy) is 1. The zero-order valence-corrected chi connectivity index (χ0v) is 13.0. The van der Waals surface area contributed by atoms with E-state index in [4.69, 9.17) is 4.74 Å². The number of esters is 1. The fourth-order valence-electron chi connectivity index (χ4n) is 2.30. The first kappa shape index (κ1) is 15.1. The second-order valence-corrected chi connectivity index (χ2v) is 5.23. The Labute approximate surface area is 126 Å². The SMILES string of the molecule is COC(=O)c1ccc(NCc2cccc(C)c2C)c(C)c1. The van der Waals surface area contributed by atoms with Crippen LogP contribution in [0.25, 0.3) is 0 Å². The van der Waals surface area contributed by atoms with Crippen LogP contribution in [-0.4, -0.2) is 13.1 Å². The van der Waals surface area contributed by atoms with Crippen LogP contribution in [0, 0.1) is 20.8 Å². The van der Waals surface area contributed by atoms with Gasteiger partial charge in [0.15, 0.2) is 0 Å². The smallest absolute Gasteiger partial charge is 0.337 e. The number of hydrogen-bond donors (Lipinski definition) is 1. The zero-order chi connectivity index (χ0) is 15.4. The summed E-state index contributed by atoms with van der Waals surface area (Å²) in [6.45, 7) is 7.01. The second-order valence-electron chi connectivity index (χ2n) is 5.23. The van der Waals surface area contributed by atoms with Crippen molar-refractivity contribution in [3.05, 3.63) is 64.2 Å². The van der Waals surface area contributed by atoms with Crippen LogP contribution < -0.4 is 5.32 Å². The van der Waals surface area contributed by atoms with E-state index in [1.807, 2.05) is 19.1 Å². The highest BCUT2D eigenvalue weighted by molar-refractivity contribution is 5.90. The summed E-state index contributed by atoms with van der Waals surface area (Å²) in [4.78, 5) is 11.5. The number of rotatable bonds is 4. The molecule has 0 fully saturated rings. The van der Waals surface area contributed by atoms with Crippen molar-refractivity contribution in [1.29, 1.82) is 0 Å². The van der Waals surface area contributed by atoms with E-state index < -0.39 is 0 Å². The molecule has 0 aromatic heterocycles. The minimum Gasteiger partial charge on any atom is -0.465 e. The average molecular weight is 283 g/mol. The third kappa shape index (κ3) is 3.43. The summed E-state index contributed by atoms with van der Waals surface area (Å²) >= 11 is 0. The normalized spacial score (nSPS) is 10.3. The summed E-state index contributed by atoms with van der Waals surface area (Å²) < 4.78 is 4.73. The molecule has 3 nitrogen and oxygen atoms in total. The second kappa shape index (κ2) is 6.44. The lowest BCUT2D eigenvalue weighted by molar-refractivity contribution is 0.0600. The summed E-state index contributed by atoms with van der Waals surface area (Å²) in [5.41, 5.74) is 6.53. The molecule has 2 aromatic carbocycles. The number of nitrogens with one attached hydrogen (secondary N) is 1. The van der Waals surface area contributed by atoms with Crippen LogP contribution in [0.15, 0.2) is 36.4 Å². The molecule has 0 saturated carbocycles. The highest BCUT2D eigenvalue weighted by Gasteiger charge is 2.08. The van der Waals surface area contributed by atoms with Gasteiger partial charge in [-0.1, -0.05) is 18.2 Å². The Morgan fingerprint density at radius 2 is 1.86 bits per heavy atom. The molecule has 0 aliphatic carbocycles. The van der Waals surface area contributed by atoms with Gasteiger partial charge in [0, 0.05) is 12.2 Å². The van der Waals surface area contributed by atoms with E-state index in [0.717, 1.165) is 17.8 Å². The number of carbonyl (C=O) groups excluding carboxylic acids is 1. The number of hydrogen-bond acceptors (Lipinski definition) is 3. The lowest BCUT2D eigenvalue weighted by atomic mass is 10.0. The molecule has 0 saturated heterocycles. The zero-order valence-electron chi connectivity index (χ0n) is 13.0. The molecule has 21 heavy (non-hydrogen) atoms. The highest BCUT2D eigenvalue weighted by Crippen LogP contribution is 2.19. The van der Waals surface area contributed by atoms with E-state index in [1.165, 1.54) is 23.8 Å². The van der Waals surface area contributed by atoms with Gasteiger partial charge in [0.05, 0.1) is 12.7 Å². The Morgan fingerprint density at radius 3 is 2.52 bits per heavy atom. The third-order valence-corrected chi connectivity index (χ3v) is 3.83. The van der Waals surface area contributed by atoms with Crippen LogP contribution in [0.5, 0.6) is 0 Å². The molecule has 0 bridgehead atoms. The summed E-state index contributed by atoms with van der Waals surface area (Å²) in [6.07, 6.45) is 0. The van der Waals surface area contributed by atoms with Gasteiger partial charge in [-0.15, -0.1) is 0 Å². The monoisotopic (exact) mass is 283 g/mol. The largest absolute Gasteiger partial charge is 0.465 e. The molecule has 0 amide bonds. The molecule has 0 aliphatic rings. The first-order valence-corrected chi connectivity index (χ1v) is 7.01. The molecule has 0 radical (unpaired) electrons. The maximum atomic E-state index is 11.5. The van der Waals surface area contributed by atoms with Gasteiger partial charge in [0.25, 0.3) is 0 Å². The Morgan fingerprint density at radius 1 is 1.10 bits per heavy atom. The fourth-order valence-corrected chi connectivity index (χ4v) is 2.30. The Kier molecular flexibility index (Phi) is 4.63. The molecule has 1 N–H and O–H groups in total. The average Bonchev–Trinajstić information content (AvgIpc) is 2.49. The number of aryl methyl sites for hydroxylation is 2. The summed E-state index contributed by atoms with van der Waals surface area (Å²) in [5.74, 6) is -0.306. The van der Waals surface area contributed by atoms with Crippen LogP contribution in [0.1, 0.15) is 32.6 Å². The van der Waals surface area contributed by atoms with Crippen molar-refractivity contribution >= 4 is 11.7 Å². The van der Waals surface area contributed by atoms with Crippen molar-refractivity contribution in [3.63, 3.8) is 0 Å². The Balaban J connectivity index is 2.13. The van der Waals surface area contributed by atoms with E-state index >= 15 is 0 Å². The number of methoxy groups -OCH3 is 1. The first-order chi connectivity index (χ1) is 10.0. The van der Waals surface area contributed by atoms with Crippen LogP contribution in [0.4, 0.5) is 5.69 Å². The lowest BCUT2D eigenvalue weighted by Crippen LogP contribution is -2.06. The summed E-state index contributed by atoms with van der Waals surface area (Å²) in [5, 5.41) is 3.43. The number of benzene rings is 2. The molecule has 0 aliphatic heterocycles. The van der Waals surface area contributed by atoms with Gasteiger partial charge in [0.1, 0.15) is 0 Å². The van der Waals surface area contributed by atoms with Gasteiger partial charge in [-0.25, -0.2) is 4.79 Å². The van der Waals surface area contributed by atoms with Gasteiger partial charge in [-0.3, -0.25) is 0 Å². The minimum atomic E-state index is -0.306. The molecule has 0 unspecified atom stereocenters. The van der Waals surface area contributed by atoms with E-state index in [1.54, 1.807) is 6.07 Å². The van der Waals surface area contributed by atoms with Gasteiger partial charge in [-0.2, -0.15) is 0 Å².